The first-order valence-corrected chi connectivity index (χ1v) is 38.5. The monoisotopic (exact) mass is 1550 g/mol. The number of nitrogens with one attached hydrogen (secondary N) is 1. The van der Waals surface area contributed by atoms with Crippen LogP contribution in [0.15, 0.2) is 225 Å². The Morgan fingerprint density at radius 3 is 1.66 bits per heavy atom. The predicted octanol–water partition coefficient (Wildman–Crippen LogP) is 16.9. The summed E-state index contributed by atoms with van der Waals surface area (Å²) in [5.41, 5.74) is 29.1. The van der Waals surface area contributed by atoms with Crippen molar-refractivity contribution in [1.82, 2.24) is 74.0 Å². The van der Waals surface area contributed by atoms with Gasteiger partial charge in [0.25, 0.3) is 17.7 Å². The summed E-state index contributed by atoms with van der Waals surface area (Å²) in [7, 11) is 0. The number of nitrogens with two attached hydrogens (primary N) is 3. The van der Waals surface area contributed by atoms with Gasteiger partial charge < -0.3 is 41.8 Å². The molecule has 0 bridgehead atoms. The molecule has 1 aliphatic carbocycles. The second-order valence-corrected chi connectivity index (χ2v) is 31.0. The third kappa shape index (κ3) is 18.5. The highest BCUT2D eigenvalue weighted by atomic mass is 16.5. The number of nitrogen functional groups attached to an aromatic ring is 3. The molecule has 2 saturated heterocycles. The van der Waals surface area contributed by atoms with Crippen molar-refractivity contribution >= 4 is 79.5 Å². The Bertz CT molecular complexity index is 6080. The number of carbonyl (C=O) groups is 3. The average Bonchev–Trinajstić information content (AvgIpc) is 1.63. The smallest absolute Gasteiger partial charge is 0.255 e. The van der Waals surface area contributed by atoms with Crippen LogP contribution in [-0.4, -0.2) is 117 Å². The molecule has 27 nitrogen and oxygen atoms in total. The van der Waals surface area contributed by atoms with E-state index in [1.807, 2.05) is 220 Å². The number of ether oxygens (including phenoxy) is 2. The lowest BCUT2D eigenvalue weighted by molar-refractivity contribution is -0.129. The summed E-state index contributed by atoms with van der Waals surface area (Å²) in [5, 5.41) is 29.4. The van der Waals surface area contributed by atoms with Gasteiger partial charge >= 0.3 is 0 Å². The van der Waals surface area contributed by atoms with Crippen LogP contribution in [0.1, 0.15) is 108 Å². The number of rotatable bonds is 17. The molecule has 117 heavy (non-hydrogen) atoms. The van der Waals surface area contributed by atoms with E-state index in [-0.39, 0.29) is 52.0 Å². The summed E-state index contributed by atoms with van der Waals surface area (Å²) in [6.45, 7) is 31.2. The van der Waals surface area contributed by atoms with Gasteiger partial charge in [-0.2, -0.15) is 20.6 Å². The summed E-state index contributed by atoms with van der Waals surface area (Å²) in [5.74, 6) is 3.67. The van der Waals surface area contributed by atoms with Crippen LogP contribution in [0.4, 0.5) is 23.1 Å². The van der Waals surface area contributed by atoms with Gasteiger partial charge in [0.1, 0.15) is 82.6 Å². The molecule has 13 aromatic rings. The van der Waals surface area contributed by atoms with Crippen molar-refractivity contribution in [2.45, 2.75) is 106 Å². The fourth-order valence-electron chi connectivity index (χ4n) is 14.0. The lowest BCUT2D eigenvalue weighted by Crippen LogP contribution is -2.41. The lowest BCUT2D eigenvalue weighted by atomic mass is 9.93. The van der Waals surface area contributed by atoms with Gasteiger partial charge in [0.2, 0.25) is 11.4 Å². The van der Waals surface area contributed by atoms with Gasteiger partial charge in [-0.05, 0) is 171 Å². The molecule has 0 spiro atoms. The van der Waals surface area contributed by atoms with Crippen LogP contribution < -0.4 is 32.0 Å². The zero-order valence-corrected chi connectivity index (χ0v) is 65.8. The number of piperidine rings is 1. The highest BCUT2D eigenvalue weighted by Crippen LogP contribution is 2.40. The van der Waals surface area contributed by atoms with E-state index >= 15 is 0 Å². The normalized spacial score (nSPS) is 15.1. The third-order valence-electron chi connectivity index (χ3n) is 19.8. The molecular weight excluding hydrogens is 1470 g/mol. The van der Waals surface area contributed by atoms with Gasteiger partial charge in [0.05, 0.1) is 64.9 Å². The van der Waals surface area contributed by atoms with Crippen LogP contribution in [0.25, 0.3) is 87.8 Å². The number of benzene rings is 6. The van der Waals surface area contributed by atoms with E-state index in [0.29, 0.717) is 139 Å². The SMILES string of the molecule is Cc1ccc(C(=O)Nc2ccc(-c3nn(-c4ccnc(/C(C#N)=C/C(C)(C)C)c4)c4ncnc(N)c34)cc2)cc1.[C-]#[N+]/C(=C\C(C)(C)C)C(=O)N1CCC[C@@H](n2nc(-c3ccc(Oc4ccccc4)cc3)c3c(N)ncnc32)C1.[C-]#[N+]/C(=C\C1CC1)C(=O)N1CCC[C@H]1Cn1nc(-c2ccc(Oc3ccccc3)cc2)c2c(N)ncnc21. The van der Waals surface area contributed by atoms with E-state index in [2.05, 4.69) is 56.0 Å². The summed E-state index contributed by atoms with van der Waals surface area (Å²) >= 11 is 0. The molecule has 7 N–H and O–H groups in total. The Morgan fingerprint density at radius 2 is 1.09 bits per heavy atom. The minimum atomic E-state index is -0.270. The Hall–Kier alpha value is -14.8. The molecule has 3 aliphatic rings. The molecule has 16 rings (SSSR count). The number of anilines is 4. The topological polar surface area (TPSA) is 342 Å². The molecule has 2 atom stereocenters. The third-order valence-corrected chi connectivity index (χ3v) is 19.8. The van der Waals surface area contributed by atoms with E-state index < -0.39 is 0 Å². The van der Waals surface area contributed by atoms with Crippen molar-refractivity contribution in [3.05, 3.63) is 264 Å². The van der Waals surface area contributed by atoms with Crippen molar-refractivity contribution in [2.24, 2.45) is 16.7 Å². The van der Waals surface area contributed by atoms with E-state index in [9.17, 15) is 19.6 Å². The molecule has 9 heterocycles. The molecule has 3 fully saturated rings. The number of nitrogens with zero attached hydrogens (tertiary/aromatic N) is 18. The number of allylic oxidation sites excluding steroid dienone is 4. The fraction of sp³-hybridized carbons (Fsp3) is 0.244. The molecule has 0 unspecified atom stereocenters. The molecule has 7 aromatic heterocycles. The van der Waals surface area contributed by atoms with Crippen molar-refractivity contribution in [3.63, 3.8) is 0 Å². The maximum atomic E-state index is 13.2. The molecule has 0 radical (unpaired) electrons. The minimum absolute atomic E-state index is 0.0827. The first-order valence-electron chi connectivity index (χ1n) is 38.5. The number of nitriles is 1. The summed E-state index contributed by atoms with van der Waals surface area (Å²) in [6.07, 6.45) is 16.8. The van der Waals surface area contributed by atoms with E-state index in [0.717, 1.165) is 72.3 Å². The van der Waals surface area contributed by atoms with Gasteiger partial charge in [-0.3, -0.25) is 19.4 Å². The number of hydrogen-bond donors (Lipinski definition) is 4. The Kier molecular flexibility index (Phi) is 23.1. The lowest BCUT2D eigenvalue weighted by Gasteiger charge is -2.33. The molecule has 3 amide bonds. The number of carbonyl (C=O) groups excluding carboxylic acids is 3. The highest BCUT2D eigenvalue weighted by molar-refractivity contribution is 6.05. The highest BCUT2D eigenvalue weighted by Gasteiger charge is 2.35. The average molecular weight is 1560 g/mol. The van der Waals surface area contributed by atoms with Crippen LogP contribution in [0.3, 0.4) is 0 Å². The standard InChI is InChI=1S/C31H28N8O.C30H31N7O2.C29H27N7O2/c1-19-5-7-21(8-6-19)30(40)37-23-11-9-20(10-12-23)27-26-28(33)35-18-36-29(26)39(38-27)24-13-14-34-25(15-24)22(17-32)16-31(2,3)4;1-30(2,3)17-24(32-4)29(38)36-16-8-9-21(18-36)37-28-25(27(31)33-19-34-28)26(35-37)20-12-14-23(15-13-20)39-22-10-6-5-7-11-22;1-31-24(16-19-9-10-19)29(37)35-15-5-6-21(35)17-36-28-25(27(30)32-18-33-28)26(34-36)20-11-13-23(14-12-20)38-22-7-3-2-4-8-22/h5-16,18H,1-4H3,(H,37,40)(H2,33,35,36);5-7,10-15,17,19,21H,8-9,16,18H2,1-3H3,(H2,31,33,34);2-4,7-8,11-14,16,18-19,21H,5-6,9-10,15,17H2,(H2,30,32,33)/b22-16+;24-17-;24-16-/t;2*21-/m.10/s1. The van der Waals surface area contributed by atoms with Crippen LogP contribution >= 0.6 is 0 Å². The zero-order valence-electron chi connectivity index (χ0n) is 65.8. The van der Waals surface area contributed by atoms with E-state index in [4.69, 9.17) is 55.1 Å². The van der Waals surface area contributed by atoms with Gasteiger partial charge in [-0.15, -0.1) is 0 Å². The van der Waals surface area contributed by atoms with Crippen molar-refractivity contribution in [1.29, 1.82) is 5.26 Å². The maximum Gasteiger partial charge on any atom is 0.255 e. The van der Waals surface area contributed by atoms with Gasteiger partial charge in [0.15, 0.2) is 16.9 Å². The largest absolute Gasteiger partial charge is 0.457 e. The number of likely N-dealkylation sites (tertiary alicyclic amines) is 2. The number of para-hydroxylation sites is 2. The molecule has 1 saturated carbocycles. The number of aryl methyl sites for hydroxylation is 1. The Morgan fingerprint density at radius 1 is 0.573 bits per heavy atom. The van der Waals surface area contributed by atoms with Crippen LogP contribution in [0.2, 0.25) is 0 Å². The number of aromatic nitrogens is 13. The zero-order chi connectivity index (χ0) is 82.1. The van der Waals surface area contributed by atoms with Crippen molar-refractivity contribution in [2.75, 3.05) is 42.2 Å². The van der Waals surface area contributed by atoms with E-state index in [1.54, 1.807) is 46.1 Å². The quantitative estimate of drug-likeness (QED) is 0.0374. The molecular formula is C90H86N22O5. The summed E-state index contributed by atoms with van der Waals surface area (Å²) < 4.78 is 17.2. The summed E-state index contributed by atoms with van der Waals surface area (Å²) in [4.78, 5) is 80.3. The van der Waals surface area contributed by atoms with Gasteiger partial charge in [-0.25, -0.2) is 53.6 Å². The van der Waals surface area contributed by atoms with Gasteiger partial charge in [-0.1, -0.05) is 126 Å². The molecule has 6 aromatic carbocycles. The van der Waals surface area contributed by atoms with Crippen molar-refractivity contribution in [3.8, 4) is 68.5 Å². The molecule has 2 aliphatic heterocycles. The Labute approximate surface area is 676 Å². The van der Waals surface area contributed by atoms with Crippen molar-refractivity contribution < 1.29 is 23.9 Å². The number of fused-ring (bicyclic) bond motifs is 3. The maximum absolute atomic E-state index is 13.2. The molecule has 27 heteroatoms. The first kappa shape index (κ1) is 78.9. The van der Waals surface area contributed by atoms with Crippen LogP contribution in [0, 0.1) is 48.1 Å². The number of pyridine rings is 1. The number of amides is 3. The van der Waals surface area contributed by atoms with Gasteiger partial charge in [0, 0.05) is 53.8 Å². The predicted molar refractivity (Wildman–Crippen MR) is 451 cm³/mol. The first-order chi connectivity index (χ1) is 56.5. The van der Waals surface area contributed by atoms with Crippen LogP contribution in [-0.2, 0) is 16.1 Å². The molecule has 586 valence electrons. The number of hydrogen-bond acceptors (Lipinski definition) is 19. The Balaban J connectivity index is 0.000000144. The fourth-order valence-corrected chi connectivity index (χ4v) is 14.0. The van der Waals surface area contributed by atoms with E-state index in [1.165, 1.54) is 19.0 Å². The second-order valence-electron chi connectivity index (χ2n) is 31.0. The van der Waals surface area contributed by atoms with Crippen LogP contribution in [0.5, 0.6) is 23.0 Å². The second kappa shape index (κ2) is 34.3. The summed E-state index contributed by atoms with van der Waals surface area (Å²) in [6, 6.07) is 54.9. The minimum Gasteiger partial charge on any atom is -0.457 e.